The maximum absolute atomic E-state index is 6.79. The summed E-state index contributed by atoms with van der Waals surface area (Å²) in [4.78, 5) is 16.1. The number of fused-ring (bicyclic) bond motifs is 9. The van der Waals surface area contributed by atoms with Gasteiger partial charge >= 0.3 is 0 Å². The Labute approximate surface area is 365 Å². The van der Waals surface area contributed by atoms with Gasteiger partial charge in [-0.2, -0.15) is 0 Å². The van der Waals surface area contributed by atoms with E-state index < -0.39 is 0 Å². The van der Waals surface area contributed by atoms with Crippen LogP contribution in [0.5, 0.6) is 0 Å². The zero-order chi connectivity index (χ0) is 41.6. The standard InChI is InChI=1S/C58H45N3O2/c1-57(2)48-15-6-3-10-40(48)41-23-20-37(29-49(41)57)54-59-55(45-14-9-13-44-42-11-4-7-16-50(42)62-52(44)45)61-56(60-54)47-28-38(27-46-43-12-5-8-17-51(43)63-53(46)47)36-18-21-39(22-19-36)58-30-33-24-34(31-58)26-35(25-33)32-58/h3-23,27-29,33-35H,24-26,30-32H2,1-2H3. The minimum absolute atomic E-state index is 0.180. The van der Waals surface area contributed by atoms with Crippen LogP contribution in [0.3, 0.4) is 0 Å². The van der Waals surface area contributed by atoms with Gasteiger partial charge in [0.05, 0.1) is 11.1 Å². The molecule has 3 aromatic heterocycles. The van der Waals surface area contributed by atoms with E-state index >= 15 is 0 Å². The minimum Gasteiger partial charge on any atom is -0.455 e. The molecule has 4 fully saturated rings. The van der Waals surface area contributed by atoms with Crippen LogP contribution in [0, 0.1) is 17.8 Å². The van der Waals surface area contributed by atoms with E-state index in [9.17, 15) is 0 Å². The van der Waals surface area contributed by atoms with E-state index in [1.165, 1.54) is 71.9 Å². The van der Waals surface area contributed by atoms with Crippen LogP contribution in [0.15, 0.2) is 154 Å². The zero-order valence-corrected chi connectivity index (χ0v) is 35.5. The molecule has 5 heteroatoms. The van der Waals surface area contributed by atoms with Crippen molar-refractivity contribution in [2.45, 2.75) is 63.2 Å². The van der Waals surface area contributed by atoms with E-state index in [1.54, 1.807) is 0 Å². The number of rotatable bonds is 5. The van der Waals surface area contributed by atoms with E-state index in [-0.39, 0.29) is 5.41 Å². The second-order valence-corrected chi connectivity index (χ2v) is 19.8. The Morgan fingerprint density at radius 1 is 0.429 bits per heavy atom. The summed E-state index contributed by atoms with van der Waals surface area (Å²) in [5.41, 5.74) is 14.9. The summed E-state index contributed by atoms with van der Waals surface area (Å²) < 4.78 is 13.4. The van der Waals surface area contributed by atoms with Crippen LogP contribution in [0.1, 0.15) is 69.1 Å². The van der Waals surface area contributed by atoms with Crippen LogP contribution in [0.25, 0.3) is 100 Å². The lowest BCUT2D eigenvalue weighted by molar-refractivity contribution is -0.00518. The minimum atomic E-state index is -0.180. The molecule has 304 valence electrons. The molecule has 4 bridgehead atoms. The van der Waals surface area contributed by atoms with Gasteiger partial charge in [-0.25, -0.2) is 15.0 Å². The van der Waals surface area contributed by atoms with E-state index in [1.807, 2.05) is 18.2 Å². The molecule has 3 heterocycles. The van der Waals surface area contributed by atoms with Crippen LogP contribution < -0.4 is 0 Å². The summed E-state index contributed by atoms with van der Waals surface area (Å²) in [6, 6.07) is 52.4. The highest BCUT2D eigenvalue weighted by Crippen LogP contribution is 2.61. The van der Waals surface area contributed by atoms with Gasteiger partial charge < -0.3 is 8.83 Å². The van der Waals surface area contributed by atoms with Gasteiger partial charge in [-0.1, -0.05) is 123 Å². The highest BCUT2D eigenvalue weighted by molar-refractivity contribution is 6.11. The van der Waals surface area contributed by atoms with E-state index in [0.717, 1.165) is 83.9 Å². The average molecular weight is 816 g/mol. The molecule has 0 amide bonds. The van der Waals surface area contributed by atoms with Crippen molar-refractivity contribution in [1.29, 1.82) is 0 Å². The first-order chi connectivity index (χ1) is 30.8. The van der Waals surface area contributed by atoms with Crippen molar-refractivity contribution in [2.75, 3.05) is 0 Å². The summed E-state index contributed by atoms with van der Waals surface area (Å²) in [6.07, 6.45) is 8.42. The fourth-order valence-corrected chi connectivity index (χ4v) is 13.2. The first-order valence-electron chi connectivity index (χ1n) is 22.8. The molecule has 5 aliphatic carbocycles. The number of benzene rings is 7. The van der Waals surface area contributed by atoms with Crippen molar-refractivity contribution in [2.24, 2.45) is 17.8 Å². The Morgan fingerprint density at radius 3 is 1.71 bits per heavy atom. The maximum atomic E-state index is 6.79. The van der Waals surface area contributed by atoms with Gasteiger partial charge in [0.15, 0.2) is 17.5 Å². The van der Waals surface area contributed by atoms with Gasteiger partial charge in [-0.3, -0.25) is 0 Å². The lowest BCUT2D eigenvalue weighted by atomic mass is 9.48. The monoisotopic (exact) mass is 815 g/mol. The zero-order valence-electron chi connectivity index (χ0n) is 35.5. The highest BCUT2D eigenvalue weighted by Gasteiger charge is 2.51. The summed E-state index contributed by atoms with van der Waals surface area (Å²) in [6.45, 7) is 4.63. The first-order valence-corrected chi connectivity index (χ1v) is 22.8. The Bertz CT molecular complexity index is 3500. The number of para-hydroxylation sites is 3. The molecule has 0 aliphatic heterocycles. The summed E-state index contributed by atoms with van der Waals surface area (Å²) in [5.74, 6) is 4.43. The number of aromatic nitrogens is 3. The molecule has 4 saturated carbocycles. The first kappa shape index (κ1) is 35.7. The Hall–Kier alpha value is -6.85. The lowest BCUT2D eigenvalue weighted by Gasteiger charge is -2.57. The molecular weight excluding hydrogens is 771 g/mol. The molecule has 10 aromatic rings. The quantitative estimate of drug-likeness (QED) is 0.173. The van der Waals surface area contributed by atoms with Crippen molar-refractivity contribution >= 4 is 43.9 Å². The van der Waals surface area contributed by atoms with Gasteiger partial charge in [0.1, 0.15) is 22.3 Å². The summed E-state index contributed by atoms with van der Waals surface area (Å²) >= 11 is 0. The molecular formula is C58H45N3O2. The second-order valence-electron chi connectivity index (χ2n) is 19.8. The van der Waals surface area contributed by atoms with E-state index in [0.29, 0.717) is 22.9 Å². The number of hydrogen-bond donors (Lipinski definition) is 0. The molecule has 0 atom stereocenters. The summed E-state index contributed by atoms with van der Waals surface area (Å²) in [5, 5.41) is 4.21. The smallest absolute Gasteiger partial charge is 0.167 e. The fourth-order valence-electron chi connectivity index (χ4n) is 13.2. The molecule has 7 aromatic carbocycles. The van der Waals surface area contributed by atoms with Crippen LogP contribution >= 0.6 is 0 Å². The third-order valence-electron chi connectivity index (χ3n) is 15.7. The van der Waals surface area contributed by atoms with Crippen LogP contribution in [0.4, 0.5) is 0 Å². The topological polar surface area (TPSA) is 65.0 Å². The molecule has 0 N–H and O–H groups in total. The molecule has 15 rings (SSSR count). The number of nitrogens with zero attached hydrogens (tertiary/aromatic N) is 3. The van der Waals surface area contributed by atoms with E-state index in [2.05, 4.69) is 141 Å². The van der Waals surface area contributed by atoms with Crippen LogP contribution in [-0.2, 0) is 10.8 Å². The van der Waals surface area contributed by atoms with Crippen molar-refractivity contribution in [3.63, 3.8) is 0 Å². The van der Waals surface area contributed by atoms with Gasteiger partial charge in [0.25, 0.3) is 0 Å². The number of hydrogen-bond acceptors (Lipinski definition) is 5. The normalized spacial score (nSPS) is 21.8. The van der Waals surface area contributed by atoms with Crippen molar-refractivity contribution < 1.29 is 8.83 Å². The Morgan fingerprint density at radius 2 is 0.984 bits per heavy atom. The van der Waals surface area contributed by atoms with Gasteiger partial charge in [-0.15, -0.1) is 0 Å². The highest BCUT2D eigenvalue weighted by atomic mass is 16.3. The summed E-state index contributed by atoms with van der Waals surface area (Å²) in [7, 11) is 0. The largest absolute Gasteiger partial charge is 0.455 e. The SMILES string of the molecule is CC1(C)c2ccccc2-c2ccc(-c3nc(-c4cccc5c4oc4ccccc45)nc(-c4cc(-c5ccc(C67CC8CC(CC(C8)C6)C7)cc5)cc5c4oc4ccccc45)n3)cc21. The van der Waals surface area contributed by atoms with Gasteiger partial charge in [0.2, 0.25) is 0 Å². The molecule has 0 spiro atoms. The Balaban J connectivity index is 0.977. The fraction of sp³-hybridized carbons (Fsp3) is 0.224. The molecule has 0 unspecified atom stereocenters. The second kappa shape index (κ2) is 12.9. The lowest BCUT2D eigenvalue weighted by Crippen LogP contribution is -2.48. The van der Waals surface area contributed by atoms with E-state index in [4.69, 9.17) is 23.8 Å². The molecule has 0 saturated heterocycles. The van der Waals surface area contributed by atoms with Gasteiger partial charge in [-0.05, 0) is 137 Å². The number of furan rings is 2. The predicted octanol–water partition coefficient (Wildman–Crippen LogP) is 15.1. The molecule has 5 aliphatic rings. The molecule has 0 radical (unpaired) electrons. The van der Waals surface area contributed by atoms with Crippen LogP contribution in [-0.4, -0.2) is 15.0 Å². The predicted molar refractivity (Wildman–Crippen MR) is 254 cm³/mol. The third kappa shape index (κ3) is 5.26. The van der Waals surface area contributed by atoms with Crippen molar-refractivity contribution in [1.82, 2.24) is 15.0 Å². The van der Waals surface area contributed by atoms with Crippen molar-refractivity contribution in [3.05, 3.63) is 162 Å². The maximum Gasteiger partial charge on any atom is 0.167 e. The van der Waals surface area contributed by atoms with Gasteiger partial charge in [0, 0.05) is 32.5 Å². The van der Waals surface area contributed by atoms with Crippen molar-refractivity contribution in [3.8, 4) is 56.4 Å². The molecule has 5 nitrogen and oxygen atoms in total. The third-order valence-corrected chi connectivity index (χ3v) is 15.7. The van der Waals surface area contributed by atoms with Crippen LogP contribution in [0.2, 0.25) is 0 Å². The average Bonchev–Trinajstić information content (AvgIpc) is 3.96. The molecule has 63 heavy (non-hydrogen) atoms. The Kier molecular flexibility index (Phi) is 7.29.